The minimum Gasteiger partial charge on any atom is -0.376 e. The Bertz CT molecular complexity index is 1220. The summed E-state index contributed by atoms with van der Waals surface area (Å²) in [6, 6.07) is 22.6. The summed E-state index contributed by atoms with van der Waals surface area (Å²) in [6.07, 6.45) is 2.93. The van der Waals surface area contributed by atoms with Crippen LogP contribution in [-0.4, -0.2) is 30.1 Å². The maximum Gasteiger partial charge on any atom is 0.260 e. The highest BCUT2D eigenvalue weighted by molar-refractivity contribution is 7.22. The average Bonchev–Trinajstić information content (AvgIpc) is 3.48. The summed E-state index contributed by atoms with van der Waals surface area (Å²) in [5.41, 5.74) is 6.53. The van der Waals surface area contributed by atoms with Crippen molar-refractivity contribution in [3.05, 3.63) is 94.5 Å². The van der Waals surface area contributed by atoms with Gasteiger partial charge in [0.1, 0.15) is 0 Å². The largest absolute Gasteiger partial charge is 0.376 e. The van der Waals surface area contributed by atoms with Crippen molar-refractivity contribution in [2.24, 2.45) is 0 Å². The molecule has 5 rings (SSSR count). The summed E-state index contributed by atoms with van der Waals surface area (Å²) in [4.78, 5) is 20.3. The van der Waals surface area contributed by atoms with E-state index in [-0.39, 0.29) is 12.0 Å². The van der Waals surface area contributed by atoms with Crippen LogP contribution >= 0.6 is 11.3 Å². The highest BCUT2D eigenvalue weighted by atomic mass is 32.1. The Hall–Kier alpha value is -3.02. The fraction of sp³-hybridized carbons (Fsp3) is 0.286. The van der Waals surface area contributed by atoms with E-state index in [4.69, 9.17) is 9.72 Å². The number of ether oxygens (including phenoxy) is 1. The minimum atomic E-state index is -0.0238. The summed E-state index contributed by atoms with van der Waals surface area (Å²) in [6.45, 7) is 5.50. The molecule has 1 amide bonds. The number of thiazole rings is 1. The first kappa shape index (κ1) is 21.8. The fourth-order valence-electron chi connectivity index (χ4n) is 4.28. The molecule has 0 saturated carbocycles. The molecule has 0 radical (unpaired) electrons. The molecule has 1 fully saturated rings. The number of carbonyl (C=O) groups is 1. The Morgan fingerprint density at radius 2 is 1.76 bits per heavy atom. The summed E-state index contributed by atoms with van der Waals surface area (Å²) < 4.78 is 6.98. The van der Waals surface area contributed by atoms with Gasteiger partial charge in [0.25, 0.3) is 5.91 Å². The van der Waals surface area contributed by atoms with Crippen molar-refractivity contribution >= 4 is 32.6 Å². The van der Waals surface area contributed by atoms with Gasteiger partial charge < -0.3 is 4.74 Å². The van der Waals surface area contributed by atoms with Crippen LogP contribution in [0.3, 0.4) is 0 Å². The second kappa shape index (κ2) is 9.46. The van der Waals surface area contributed by atoms with Crippen LogP contribution in [0.1, 0.15) is 45.5 Å². The molecule has 1 saturated heterocycles. The molecular formula is C28H28N2O2S. The molecule has 1 aliphatic rings. The molecule has 4 nitrogen and oxygen atoms in total. The molecule has 1 unspecified atom stereocenters. The molecule has 4 aromatic rings. The van der Waals surface area contributed by atoms with Crippen LogP contribution in [0.15, 0.2) is 66.7 Å². The van der Waals surface area contributed by atoms with Crippen molar-refractivity contribution in [2.45, 2.75) is 39.2 Å². The van der Waals surface area contributed by atoms with Gasteiger partial charge in [-0.2, -0.15) is 0 Å². The summed E-state index contributed by atoms with van der Waals surface area (Å²) in [5, 5.41) is 0.740. The molecular weight excluding hydrogens is 428 g/mol. The van der Waals surface area contributed by atoms with Gasteiger partial charge in [-0.25, -0.2) is 4.98 Å². The van der Waals surface area contributed by atoms with Gasteiger partial charge >= 0.3 is 0 Å². The Balaban J connectivity index is 1.43. The lowest BCUT2D eigenvalue weighted by Gasteiger charge is -2.23. The molecule has 1 aliphatic heterocycles. The average molecular weight is 457 g/mol. The normalized spacial score (nSPS) is 15.8. The van der Waals surface area contributed by atoms with Crippen molar-refractivity contribution in [1.82, 2.24) is 4.98 Å². The van der Waals surface area contributed by atoms with Gasteiger partial charge in [-0.05, 0) is 79.6 Å². The van der Waals surface area contributed by atoms with E-state index in [0.29, 0.717) is 12.1 Å². The van der Waals surface area contributed by atoms with Crippen LogP contribution in [0.25, 0.3) is 10.2 Å². The Morgan fingerprint density at radius 1 is 1.03 bits per heavy atom. The van der Waals surface area contributed by atoms with E-state index in [1.165, 1.54) is 22.3 Å². The third-order valence-electron chi connectivity index (χ3n) is 6.33. The van der Waals surface area contributed by atoms with E-state index in [1.807, 2.05) is 23.1 Å². The van der Waals surface area contributed by atoms with E-state index in [0.717, 1.165) is 41.2 Å². The van der Waals surface area contributed by atoms with Crippen LogP contribution < -0.4 is 4.90 Å². The van der Waals surface area contributed by atoms with Gasteiger partial charge in [-0.1, -0.05) is 53.8 Å². The van der Waals surface area contributed by atoms with Crippen molar-refractivity contribution < 1.29 is 9.53 Å². The number of rotatable bonds is 6. The molecule has 3 aromatic carbocycles. The Labute approximate surface area is 198 Å². The monoisotopic (exact) mass is 456 g/mol. The second-order valence-electron chi connectivity index (χ2n) is 8.81. The molecule has 168 valence electrons. The van der Waals surface area contributed by atoms with E-state index in [2.05, 4.69) is 62.4 Å². The Morgan fingerprint density at radius 3 is 2.48 bits per heavy atom. The van der Waals surface area contributed by atoms with E-state index in [9.17, 15) is 4.79 Å². The van der Waals surface area contributed by atoms with Gasteiger partial charge in [0.05, 0.1) is 22.9 Å². The van der Waals surface area contributed by atoms with Gasteiger partial charge in [-0.15, -0.1) is 0 Å². The second-order valence-corrected chi connectivity index (χ2v) is 9.82. The minimum absolute atomic E-state index is 0.0238. The number of aryl methyl sites for hydroxylation is 2. The van der Waals surface area contributed by atoms with Crippen LogP contribution in [0, 0.1) is 13.8 Å². The molecule has 0 aliphatic carbocycles. The number of benzene rings is 3. The fourth-order valence-corrected chi connectivity index (χ4v) is 5.33. The number of amides is 1. The topological polar surface area (TPSA) is 42.4 Å². The first-order valence-corrected chi connectivity index (χ1v) is 12.3. The molecule has 0 spiro atoms. The third kappa shape index (κ3) is 4.85. The van der Waals surface area contributed by atoms with E-state index >= 15 is 0 Å². The Kier molecular flexibility index (Phi) is 6.25. The van der Waals surface area contributed by atoms with Crippen molar-refractivity contribution in [3.63, 3.8) is 0 Å². The molecule has 2 heterocycles. The standard InChI is InChI=1S/C28H28N2O2S/c1-19-15-25-26(16-20(19)2)33-28(29-25)30(18-24-9-6-14-32-24)27(31)23-12-10-22(11-13-23)17-21-7-4-3-5-8-21/h3-5,7-8,10-13,15-16,24H,6,9,14,17-18H2,1-2H3. The lowest BCUT2D eigenvalue weighted by Crippen LogP contribution is -2.37. The maximum atomic E-state index is 13.7. The summed E-state index contributed by atoms with van der Waals surface area (Å²) in [5.74, 6) is -0.0238. The van der Waals surface area contributed by atoms with Crippen LogP contribution in [0.4, 0.5) is 5.13 Å². The highest BCUT2D eigenvalue weighted by Gasteiger charge is 2.27. The van der Waals surface area contributed by atoms with Crippen molar-refractivity contribution in [3.8, 4) is 0 Å². The number of nitrogens with zero attached hydrogens (tertiary/aromatic N) is 2. The van der Waals surface area contributed by atoms with Crippen molar-refractivity contribution in [2.75, 3.05) is 18.1 Å². The van der Waals surface area contributed by atoms with Gasteiger partial charge in [0, 0.05) is 12.2 Å². The first-order chi connectivity index (χ1) is 16.1. The quantitative estimate of drug-likeness (QED) is 0.340. The van der Waals surface area contributed by atoms with Crippen LogP contribution in [0.5, 0.6) is 0 Å². The predicted octanol–water partition coefficient (Wildman–Crippen LogP) is 6.33. The zero-order valence-electron chi connectivity index (χ0n) is 19.1. The molecule has 1 aromatic heterocycles. The first-order valence-electron chi connectivity index (χ1n) is 11.5. The van der Waals surface area contributed by atoms with Crippen LogP contribution in [-0.2, 0) is 11.2 Å². The van der Waals surface area contributed by atoms with E-state index in [1.54, 1.807) is 11.3 Å². The third-order valence-corrected chi connectivity index (χ3v) is 7.37. The zero-order valence-corrected chi connectivity index (χ0v) is 19.9. The highest BCUT2D eigenvalue weighted by Crippen LogP contribution is 2.32. The summed E-state index contributed by atoms with van der Waals surface area (Å²) >= 11 is 1.58. The number of hydrogen-bond acceptors (Lipinski definition) is 4. The number of aromatic nitrogens is 1. The SMILES string of the molecule is Cc1cc2nc(N(CC3CCCO3)C(=O)c3ccc(Cc4ccccc4)cc3)sc2cc1C. The number of carbonyl (C=O) groups excluding carboxylic acids is 1. The smallest absolute Gasteiger partial charge is 0.260 e. The molecule has 1 atom stereocenters. The number of fused-ring (bicyclic) bond motifs is 1. The van der Waals surface area contributed by atoms with Gasteiger partial charge in [0.2, 0.25) is 0 Å². The van der Waals surface area contributed by atoms with Crippen LogP contribution in [0.2, 0.25) is 0 Å². The molecule has 33 heavy (non-hydrogen) atoms. The lowest BCUT2D eigenvalue weighted by molar-refractivity contribution is 0.0917. The van der Waals surface area contributed by atoms with E-state index < -0.39 is 0 Å². The van der Waals surface area contributed by atoms with Gasteiger partial charge in [0.15, 0.2) is 5.13 Å². The lowest BCUT2D eigenvalue weighted by atomic mass is 10.0. The maximum absolute atomic E-state index is 13.7. The molecule has 0 bridgehead atoms. The summed E-state index contributed by atoms with van der Waals surface area (Å²) in [7, 11) is 0. The van der Waals surface area contributed by atoms with Gasteiger partial charge in [-0.3, -0.25) is 9.69 Å². The molecule has 0 N–H and O–H groups in total. The number of hydrogen-bond donors (Lipinski definition) is 0. The predicted molar refractivity (Wildman–Crippen MR) is 135 cm³/mol. The van der Waals surface area contributed by atoms with Crippen molar-refractivity contribution in [1.29, 1.82) is 0 Å². The molecule has 5 heteroatoms. The number of anilines is 1. The zero-order chi connectivity index (χ0) is 22.8.